The van der Waals surface area contributed by atoms with Gasteiger partial charge < -0.3 is 28.8 Å². The maximum absolute atomic E-state index is 12.6. The molecule has 0 bridgehead atoms. The highest BCUT2D eigenvalue weighted by Crippen LogP contribution is 2.38. The van der Waals surface area contributed by atoms with Gasteiger partial charge in [-0.15, -0.1) is 0 Å². The fourth-order valence-electron chi connectivity index (χ4n) is 2.74. The topological polar surface area (TPSA) is 105 Å². The molecule has 1 heterocycles. The Morgan fingerprint density at radius 3 is 2.24 bits per heavy atom. The van der Waals surface area contributed by atoms with Crippen LogP contribution in [0.25, 0.3) is 11.4 Å². The highest BCUT2D eigenvalue weighted by Gasteiger charge is 2.18. The van der Waals surface area contributed by atoms with Crippen molar-refractivity contribution < 1.29 is 28.3 Å². The van der Waals surface area contributed by atoms with E-state index in [4.69, 9.17) is 23.5 Å². The van der Waals surface area contributed by atoms with Crippen molar-refractivity contribution in [2.24, 2.45) is 0 Å². The predicted octanol–water partition coefficient (Wildman–Crippen LogP) is 2.70. The summed E-state index contributed by atoms with van der Waals surface area (Å²) in [6, 6.07) is 10.4. The first-order valence-electron chi connectivity index (χ1n) is 8.65. The molecule has 0 radical (unpaired) electrons. The predicted molar refractivity (Wildman–Crippen MR) is 104 cm³/mol. The van der Waals surface area contributed by atoms with E-state index >= 15 is 0 Å². The smallest absolute Gasteiger partial charge is 0.251 e. The molecule has 29 heavy (non-hydrogen) atoms. The van der Waals surface area contributed by atoms with Crippen molar-refractivity contribution in [3.63, 3.8) is 0 Å². The molecule has 9 nitrogen and oxygen atoms in total. The molecule has 0 unspecified atom stereocenters. The average Bonchev–Trinajstić information content (AvgIpc) is 3.25. The molecule has 0 aliphatic carbocycles. The number of carbonyl (C=O) groups is 1. The van der Waals surface area contributed by atoms with Gasteiger partial charge in [0.25, 0.3) is 5.91 Å². The van der Waals surface area contributed by atoms with E-state index in [-0.39, 0.29) is 18.3 Å². The second kappa shape index (κ2) is 8.96. The summed E-state index contributed by atoms with van der Waals surface area (Å²) in [5.41, 5.74) is 1.03. The van der Waals surface area contributed by atoms with Gasteiger partial charge in [0.1, 0.15) is 5.75 Å². The summed E-state index contributed by atoms with van der Waals surface area (Å²) < 4.78 is 26.3. The highest BCUT2D eigenvalue weighted by atomic mass is 16.5. The van der Waals surface area contributed by atoms with Crippen LogP contribution in [0.1, 0.15) is 16.2 Å². The van der Waals surface area contributed by atoms with Gasteiger partial charge in [-0.05, 0) is 24.3 Å². The van der Waals surface area contributed by atoms with Crippen LogP contribution in [-0.2, 0) is 6.54 Å². The number of para-hydroxylation sites is 1. The van der Waals surface area contributed by atoms with Gasteiger partial charge in [0, 0.05) is 5.56 Å². The molecule has 0 fully saturated rings. The molecule has 0 saturated carbocycles. The van der Waals surface area contributed by atoms with E-state index in [0.29, 0.717) is 39.9 Å². The van der Waals surface area contributed by atoms with Crippen molar-refractivity contribution in [1.29, 1.82) is 0 Å². The summed E-state index contributed by atoms with van der Waals surface area (Å²) in [7, 11) is 6.03. The van der Waals surface area contributed by atoms with Gasteiger partial charge in [0.2, 0.25) is 17.5 Å². The Hall–Kier alpha value is -3.75. The molecule has 0 aliphatic heterocycles. The van der Waals surface area contributed by atoms with Crippen LogP contribution in [0, 0.1) is 0 Å². The zero-order valence-corrected chi connectivity index (χ0v) is 16.5. The van der Waals surface area contributed by atoms with Crippen LogP contribution in [-0.4, -0.2) is 44.5 Å². The van der Waals surface area contributed by atoms with Gasteiger partial charge in [-0.2, -0.15) is 4.98 Å². The van der Waals surface area contributed by atoms with Crippen molar-refractivity contribution in [3.05, 3.63) is 47.9 Å². The normalized spacial score (nSPS) is 10.3. The molecule has 1 aromatic heterocycles. The largest absolute Gasteiger partial charge is 0.496 e. The zero-order chi connectivity index (χ0) is 20.8. The Bertz CT molecular complexity index is 976. The van der Waals surface area contributed by atoms with Crippen molar-refractivity contribution >= 4 is 5.91 Å². The van der Waals surface area contributed by atoms with E-state index in [1.807, 2.05) is 18.2 Å². The maximum Gasteiger partial charge on any atom is 0.251 e. The average molecular weight is 399 g/mol. The van der Waals surface area contributed by atoms with Crippen molar-refractivity contribution in [2.75, 3.05) is 28.4 Å². The summed E-state index contributed by atoms with van der Waals surface area (Å²) in [4.78, 5) is 16.9. The van der Waals surface area contributed by atoms with Crippen molar-refractivity contribution in [2.45, 2.75) is 6.54 Å². The maximum atomic E-state index is 12.6. The molecule has 152 valence electrons. The van der Waals surface area contributed by atoms with Gasteiger partial charge in [-0.25, -0.2) is 0 Å². The molecule has 1 amide bonds. The zero-order valence-electron chi connectivity index (χ0n) is 16.5. The van der Waals surface area contributed by atoms with Gasteiger partial charge >= 0.3 is 0 Å². The number of rotatable bonds is 8. The summed E-state index contributed by atoms with van der Waals surface area (Å²) in [6.07, 6.45) is 0. The van der Waals surface area contributed by atoms with Crippen LogP contribution in [0.15, 0.2) is 40.9 Å². The van der Waals surface area contributed by atoms with Crippen LogP contribution in [0.2, 0.25) is 0 Å². The summed E-state index contributed by atoms with van der Waals surface area (Å²) in [6.45, 7) is 0.0532. The van der Waals surface area contributed by atoms with E-state index < -0.39 is 0 Å². The minimum Gasteiger partial charge on any atom is -0.496 e. The molecule has 2 aromatic carbocycles. The van der Waals surface area contributed by atoms with E-state index in [9.17, 15) is 4.79 Å². The number of nitrogens with zero attached hydrogens (tertiary/aromatic N) is 2. The van der Waals surface area contributed by atoms with Gasteiger partial charge in [0.15, 0.2) is 11.5 Å². The van der Waals surface area contributed by atoms with Crippen molar-refractivity contribution in [1.82, 2.24) is 15.5 Å². The molecule has 0 aliphatic rings. The molecular weight excluding hydrogens is 378 g/mol. The lowest BCUT2D eigenvalue weighted by Gasteiger charge is -2.13. The Morgan fingerprint density at radius 2 is 1.62 bits per heavy atom. The number of benzene rings is 2. The SMILES string of the molecule is COc1ccccc1-c1noc(CNC(=O)c2cc(OC)c(OC)c(OC)c2)n1. The Morgan fingerprint density at radius 1 is 0.966 bits per heavy atom. The number of hydrogen-bond acceptors (Lipinski definition) is 8. The van der Waals surface area contributed by atoms with Gasteiger partial charge in [-0.3, -0.25) is 4.79 Å². The third kappa shape index (κ3) is 4.23. The minimum atomic E-state index is -0.360. The summed E-state index contributed by atoms with van der Waals surface area (Å²) >= 11 is 0. The number of aromatic nitrogens is 2. The minimum absolute atomic E-state index is 0.0532. The third-order valence-electron chi connectivity index (χ3n) is 4.14. The molecular formula is C20H21N3O6. The Balaban J connectivity index is 1.74. The summed E-state index contributed by atoms with van der Waals surface area (Å²) in [5, 5.41) is 6.68. The number of nitrogens with one attached hydrogen (secondary N) is 1. The molecule has 9 heteroatoms. The van der Waals surface area contributed by atoms with E-state index in [0.717, 1.165) is 0 Å². The molecule has 0 saturated heterocycles. The number of amides is 1. The lowest BCUT2D eigenvalue weighted by molar-refractivity contribution is 0.0945. The fourth-order valence-corrected chi connectivity index (χ4v) is 2.74. The molecule has 1 N–H and O–H groups in total. The van der Waals surface area contributed by atoms with Gasteiger partial charge in [0.05, 0.1) is 40.5 Å². The lowest BCUT2D eigenvalue weighted by atomic mass is 10.1. The summed E-state index contributed by atoms with van der Waals surface area (Å²) in [5.74, 6) is 2.07. The first-order chi connectivity index (χ1) is 14.1. The van der Waals surface area contributed by atoms with Crippen LogP contribution in [0.5, 0.6) is 23.0 Å². The second-order valence-corrected chi connectivity index (χ2v) is 5.81. The number of methoxy groups -OCH3 is 4. The van der Waals surface area contributed by atoms with E-state index in [2.05, 4.69) is 15.5 Å². The third-order valence-corrected chi connectivity index (χ3v) is 4.14. The Kier molecular flexibility index (Phi) is 6.18. The van der Waals surface area contributed by atoms with E-state index in [1.54, 1.807) is 25.3 Å². The van der Waals surface area contributed by atoms with Crippen LogP contribution in [0.3, 0.4) is 0 Å². The number of carbonyl (C=O) groups excluding carboxylic acids is 1. The van der Waals surface area contributed by atoms with Crippen LogP contribution in [0.4, 0.5) is 0 Å². The quantitative estimate of drug-likeness (QED) is 0.616. The van der Waals surface area contributed by atoms with Gasteiger partial charge in [-0.1, -0.05) is 17.3 Å². The number of hydrogen-bond donors (Lipinski definition) is 1. The van der Waals surface area contributed by atoms with Crippen LogP contribution >= 0.6 is 0 Å². The fraction of sp³-hybridized carbons (Fsp3) is 0.250. The molecule has 0 atom stereocenters. The monoisotopic (exact) mass is 399 g/mol. The first kappa shape index (κ1) is 20.0. The Labute approximate surface area is 167 Å². The van der Waals surface area contributed by atoms with Crippen LogP contribution < -0.4 is 24.3 Å². The molecule has 0 spiro atoms. The molecule has 3 aromatic rings. The molecule has 3 rings (SSSR count). The number of ether oxygens (including phenoxy) is 4. The standard InChI is InChI=1S/C20H21N3O6/c1-25-14-8-6-5-7-13(14)19-22-17(29-23-19)11-21-20(24)12-9-15(26-2)18(28-4)16(10-12)27-3/h5-10H,11H2,1-4H3,(H,21,24). The van der Waals surface area contributed by atoms with E-state index in [1.165, 1.54) is 21.3 Å². The first-order valence-corrected chi connectivity index (χ1v) is 8.65. The second-order valence-electron chi connectivity index (χ2n) is 5.81. The van der Waals surface area contributed by atoms with Crippen molar-refractivity contribution in [3.8, 4) is 34.4 Å². The lowest BCUT2D eigenvalue weighted by Crippen LogP contribution is -2.23. The highest BCUT2D eigenvalue weighted by molar-refractivity contribution is 5.95.